The number of piperazine rings is 1. The summed E-state index contributed by atoms with van der Waals surface area (Å²) in [6, 6.07) is 6.30. The summed E-state index contributed by atoms with van der Waals surface area (Å²) in [6.45, 7) is 4.27. The van der Waals surface area contributed by atoms with E-state index < -0.39 is 15.1 Å². The monoisotopic (exact) mass is 328 g/mol. The fourth-order valence-electron chi connectivity index (χ4n) is 2.29. The van der Waals surface area contributed by atoms with Crippen LogP contribution < -0.4 is 9.62 Å². The first-order chi connectivity index (χ1) is 10.4. The van der Waals surface area contributed by atoms with Crippen LogP contribution >= 0.6 is 0 Å². The van der Waals surface area contributed by atoms with Gasteiger partial charge in [-0.25, -0.2) is 4.72 Å². The lowest BCUT2D eigenvalue weighted by Gasteiger charge is -2.35. The minimum Gasteiger partial charge on any atom is -0.369 e. The van der Waals surface area contributed by atoms with Crippen LogP contribution in [0.2, 0.25) is 0 Å². The lowest BCUT2D eigenvalue weighted by molar-refractivity contribution is -0.384. The fourth-order valence-corrected chi connectivity index (χ4v) is 3.58. The number of hydrogen-bond donors (Lipinski definition) is 1. The van der Waals surface area contributed by atoms with Crippen LogP contribution in [0.1, 0.15) is 13.3 Å². The van der Waals surface area contributed by atoms with Crippen molar-refractivity contribution in [3.05, 3.63) is 34.4 Å². The number of non-ortho nitro benzene ring substituents is 1. The molecule has 9 heteroatoms. The molecule has 0 amide bonds. The van der Waals surface area contributed by atoms with E-state index >= 15 is 0 Å². The van der Waals surface area contributed by atoms with Crippen LogP contribution in [0.3, 0.4) is 0 Å². The molecule has 0 bridgehead atoms. The molecule has 0 unspecified atom stereocenters. The second-order valence-corrected chi connectivity index (χ2v) is 6.81. The molecule has 1 saturated heterocycles. The second-order valence-electron chi connectivity index (χ2n) is 5.06. The SMILES string of the molecule is CCCNS(=O)(=O)N1CCN(c2ccc([N+](=O)[O-])cc2)CC1. The standard InChI is InChI=1S/C13H20N4O4S/c1-2-7-14-22(20,21)16-10-8-15(9-11-16)12-3-5-13(6-4-12)17(18)19/h3-6,14H,2,7-11H2,1H3. The third-order valence-corrected chi connectivity index (χ3v) is 5.15. The van der Waals surface area contributed by atoms with E-state index in [9.17, 15) is 18.5 Å². The van der Waals surface area contributed by atoms with E-state index in [2.05, 4.69) is 4.72 Å². The quantitative estimate of drug-likeness (QED) is 0.620. The molecule has 1 aromatic carbocycles. The van der Waals surface area contributed by atoms with Crippen LogP contribution in [0.4, 0.5) is 11.4 Å². The fraction of sp³-hybridized carbons (Fsp3) is 0.538. The molecule has 0 saturated carbocycles. The zero-order valence-corrected chi connectivity index (χ0v) is 13.3. The number of hydrogen-bond acceptors (Lipinski definition) is 5. The van der Waals surface area contributed by atoms with Gasteiger partial charge in [0.05, 0.1) is 4.92 Å². The predicted octanol–water partition coefficient (Wildman–Crippen LogP) is 0.961. The van der Waals surface area contributed by atoms with Crippen molar-refractivity contribution in [2.75, 3.05) is 37.6 Å². The first kappa shape index (κ1) is 16.7. The largest absolute Gasteiger partial charge is 0.369 e. The maximum Gasteiger partial charge on any atom is 0.279 e. The van der Waals surface area contributed by atoms with Gasteiger partial charge in [0, 0.05) is 50.5 Å². The van der Waals surface area contributed by atoms with E-state index in [-0.39, 0.29) is 5.69 Å². The Morgan fingerprint density at radius 3 is 2.27 bits per heavy atom. The molecule has 1 fully saturated rings. The number of nitro benzene ring substituents is 1. The molecule has 2 rings (SSSR count). The van der Waals surface area contributed by atoms with Crippen molar-refractivity contribution in [3.8, 4) is 0 Å². The lowest BCUT2D eigenvalue weighted by atomic mass is 10.2. The molecule has 22 heavy (non-hydrogen) atoms. The Bertz CT molecular complexity index is 609. The summed E-state index contributed by atoms with van der Waals surface area (Å²) in [5.74, 6) is 0. The van der Waals surface area contributed by atoms with Gasteiger partial charge in [0.2, 0.25) is 0 Å². The minimum atomic E-state index is -3.40. The van der Waals surface area contributed by atoms with Crippen LogP contribution in [0.5, 0.6) is 0 Å². The van der Waals surface area contributed by atoms with Crippen LogP contribution in [0.15, 0.2) is 24.3 Å². The molecule has 1 aliphatic heterocycles. The maximum absolute atomic E-state index is 12.0. The van der Waals surface area contributed by atoms with Gasteiger partial charge in [0.1, 0.15) is 0 Å². The number of nitrogens with one attached hydrogen (secondary N) is 1. The van der Waals surface area contributed by atoms with Gasteiger partial charge in [-0.05, 0) is 18.6 Å². The summed E-state index contributed by atoms with van der Waals surface area (Å²) in [4.78, 5) is 12.2. The average Bonchev–Trinajstić information content (AvgIpc) is 2.53. The normalized spacial score (nSPS) is 16.7. The van der Waals surface area contributed by atoms with Gasteiger partial charge >= 0.3 is 0 Å². The van der Waals surface area contributed by atoms with Crippen molar-refractivity contribution in [1.29, 1.82) is 0 Å². The summed E-state index contributed by atoms with van der Waals surface area (Å²) in [6.07, 6.45) is 0.752. The maximum atomic E-state index is 12.0. The smallest absolute Gasteiger partial charge is 0.279 e. The lowest BCUT2D eigenvalue weighted by Crippen LogP contribution is -2.52. The second kappa shape index (κ2) is 7.03. The number of benzene rings is 1. The van der Waals surface area contributed by atoms with E-state index in [1.54, 1.807) is 12.1 Å². The van der Waals surface area contributed by atoms with Gasteiger partial charge in [0.25, 0.3) is 15.9 Å². The van der Waals surface area contributed by atoms with Crippen molar-refractivity contribution in [3.63, 3.8) is 0 Å². The first-order valence-electron chi connectivity index (χ1n) is 7.18. The van der Waals surface area contributed by atoms with Crippen LogP contribution in [-0.2, 0) is 10.2 Å². The highest BCUT2D eigenvalue weighted by Crippen LogP contribution is 2.21. The molecule has 1 heterocycles. The van der Waals surface area contributed by atoms with E-state index in [0.717, 1.165) is 12.1 Å². The Kier molecular flexibility index (Phi) is 5.33. The predicted molar refractivity (Wildman–Crippen MR) is 84.1 cm³/mol. The third kappa shape index (κ3) is 3.93. The minimum absolute atomic E-state index is 0.0497. The molecule has 122 valence electrons. The van der Waals surface area contributed by atoms with Gasteiger partial charge in [-0.1, -0.05) is 6.92 Å². The number of nitro groups is 1. The van der Waals surface area contributed by atoms with E-state index in [0.29, 0.717) is 32.7 Å². The molecule has 1 aromatic rings. The van der Waals surface area contributed by atoms with Crippen molar-refractivity contribution in [1.82, 2.24) is 9.03 Å². The summed E-state index contributed by atoms with van der Waals surface area (Å²) >= 11 is 0. The van der Waals surface area contributed by atoms with E-state index in [1.165, 1.54) is 16.4 Å². The van der Waals surface area contributed by atoms with Crippen molar-refractivity contribution < 1.29 is 13.3 Å². The van der Waals surface area contributed by atoms with E-state index in [4.69, 9.17) is 0 Å². The third-order valence-electron chi connectivity index (χ3n) is 3.54. The molecule has 1 aliphatic rings. The molecule has 1 N–H and O–H groups in total. The van der Waals surface area contributed by atoms with Crippen molar-refractivity contribution >= 4 is 21.6 Å². The highest BCUT2D eigenvalue weighted by molar-refractivity contribution is 7.87. The van der Waals surface area contributed by atoms with Gasteiger partial charge in [0.15, 0.2) is 0 Å². The molecule has 0 aromatic heterocycles. The number of nitrogens with zero attached hydrogens (tertiary/aromatic N) is 3. The zero-order chi connectivity index (χ0) is 16.2. The summed E-state index contributed by atoms with van der Waals surface area (Å²) in [5, 5.41) is 10.6. The average molecular weight is 328 g/mol. The van der Waals surface area contributed by atoms with E-state index in [1.807, 2.05) is 11.8 Å². The van der Waals surface area contributed by atoms with Crippen molar-refractivity contribution in [2.24, 2.45) is 0 Å². The Morgan fingerprint density at radius 1 is 1.18 bits per heavy atom. The Labute approximate surface area is 130 Å². The molecular weight excluding hydrogens is 308 g/mol. The summed E-state index contributed by atoms with van der Waals surface area (Å²) in [5.41, 5.74) is 0.915. The highest BCUT2D eigenvalue weighted by Gasteiger charge is 2.26. The van der Waals surface area contributed by atoms with Crippen molar-refractivity contribution in [2.45, 2.75) is 13.3 Å². The number of rotatable bonds is 6. The summed E-state index contributed by atoms with van der Waals surface area (Å²) < 4.78 is 28.0. The molecule has 8 nitrogen and oxygen atoms in total. The van der Waals surface area contributed by atoms with Gasteiger partial charge in [-0.3, -0.25) is 10.1 Å². The van der Waals surface area contributed by atoms with Crippen LogP contribution in [0, 0.1) is 10.1 Å². The molecule has 0 atom stereocenters. The zero-order valence-electron chi connectivity index (χ0n) is 12.4. The summed E-state index contributed by atoms with van der Waals surface area (Å²) in [7, 11) is -3.40. The van der Waals surface area contributed by atoms with Gasteiger partial charge in [-0.15, -0.1) is 0 Å². The molecular formula is C13H20N4O4S. The van der Waals surface area contributed by atoms with Crippen LogP contribution in [0.25, 0.3) is 0 Å². The van der Waals surface area contributed by atoms with Gasteiger partial charge < -0.3 is 4.90 Å². The Hall–Kier alpha value is -1.71. The molecule has 0 radical (unpaired) electrons. The highest BCUT2D eigenvalue weighted by atomic mass is 32.2. The topological polar surface area (TPSA) is 95.8 Å². The Balaban J connectivity index is 1.95. The molecule has 0 aliphatic carbocycles. The van der Waals surface area contributed by atoms with Gasteiger partial charge in [-0.2, -0.15) is 12.7 Å². The number of anilines is 1. The first-order valence-corrected chi connectivity index (χ1v) is 8.62. The van der Waals surface area contributed by atoms with Crippen LogP contribution in [-0.4, -0.2) is 50.4 Å². The molecule has 0 spiro atoms. The Morgan fingerprint density at radius 2 is 1.77 bits per heavy atom.